The normalized spacial score (nSPS) is 31.1. The summed E-state index contributed by atoms with van der Waals surface area (Å²) in [7, 11) is 0. The first-order valence-corrected chi connectivity index (χ1v) is 9.17. The Morgan fingerprint density at radius 3 is 2.62 bits per heavy atom. The third-order valence-electron chi connectivity index (χ3n) is 6.56. The van der Waals surface area contributed by atoms with Crippen LogP contribution in [0.1, 0.15) is 50.5 Å². The Labute approximate surface area is 142 Å². The van der Waals surface area contributed by atoms with Crippen LogP contribution in [0.25, 0.3) is 0 Å². The maximum Gasteiger partial charge on any atom is 0.308 e. The van der Waals surface area contributed by atoms with Crippen LogP contribution in [0.15, 0.2) is 24.3 Å². The maximum atomic E-state index is 12.9. The van der Waals surface area contributed by atoms with E-state index >= 15 is 0 Å². The molecule has 1 atom stereocenters. The van der Waals surface area contributed by atoms with E-state index in [1.54, 1.807) is 4.90 Å². The van der Waals surface area contributed by atoms with Gasteiger partial charge in [0.25, 0.3) is 0 Å². The lowest BCUT2D eigenvalue weighted by atomic mass is 9.80. The number of carbonyl (C=O) groups excluding carboxylic acids is 1. The standard InChI is InChI=1S/C20H25NO3/c22-18(7-10-20-8-5-14(12-20)6-9-20)21-13-16(19(23)24)11-15-3-1-2-4-17(15)21/h1-4,14,16H,5-13H2,(H,23,24). The number of fused-ring (bicyclic) bond motifs is 3. The summed E-state index contributed by atoms with van der Waals surface area (Å²) >= 11 is 0. The quantitative estimate of drug-likeness (QED) is 0.918. The molecule has 1 heterocycles. The van der Waals surface area contributed by atoms with E-state index in [4.69, 9.17) is 0 Å². The number of carboxylic acid groups (broad SMARTS) is 1. The molecule has 128 valence electrons. The average molecular weight is 327 g/mol. The van der Waals surface area contributed by atoms with E-state index in [9.17, 15) is 14.7 Å². The molecule has 0 aromatic heterocycles. The molecule has 4 rings (SSSR count). The number of carbonyl (C=O) groups is 2. The number of nitrogens with zero attached hydrogens (tertiary/aromatic N) is 1. The van der Waals surface area contributed by atoms with Crippen molar-refractivity contribution in [2.45, 2.75) is 51.4 Å². The summed E-state index contributed by atoms with van der Waals surface area (Å²) in [5, 5.41) is 9.41. The first-order chi connectivity index (χ1) is 11.6. The molecule has 1 aromatic carbocycles. The number of hydrogen-bond donors (Lipinski definition) is 1. The van der Waals surface area contributed by atoms with Crippen LogP contribution >= 0.6 is 0 Å². The Morgan fingerprint density at radius 1 is 1.21 bits per heavy atom. The van der Waals surface area contributed by atoms with Crippen LogP contribution in [-0.2, 0) is 16.0 Å². The number of benzene rings is 1. The van der Waals surface area contributed by atoms with E-state index in [1.807, 2.05) is 24.3 Å². The van der Waals surface area contributed by atoms with Gasteiger partial charge in [0.2, 0.25) is 5.91 Å². The van der Waals surface area contributed by atoms with Crippen molar-refractivity contribution in [2.75, 3.05) is 11.4 Å². The molecule has 1 aromatic rings. The summed E-state index contributed by atoms with van der Waals surface area (Å²) in [6.45, 7) is 0.306. The van der Waals surface area contributed by atoms with Crippen molar-refractivity contribution < 1.29 is 14.7 Å². The largest absolute Gasteiger partial charge is 0.481 e. The van der Waals surface area contributed by atoms with Crippen LogP contribution in [0.4, 0.5) is 5.69 Å². The summed E-state index contributed by atoms with van der Waals surface area (Å²) in [5.74, 6) is -0.315. The predicted molar refractivity (Wildman–Crippen MR) is 91.9 cm³/mol. The molecule has 0 spiro atoms. The van der Waals surface area contributed by atoms with Crippen LogP contribution < -0.4 is 4.90 Å². The molecule has 0 radical (unpaired) electrons. The minimum absolute atomic E-state index is 0.0955. The van der Waals surface area contributed by atoms with Gasteiger partial charge in [0.05, 0.1) is 5.92 Å². The second kappa shape index (κ2) is 5.91. The average Bonchev–Trinajstić information content (AvgIpc) is 3.20. The van der Waals surface area contributed by atoms with Crippen molar-refractivity contribution in [1.82, 2.24) is 0 Å². The van der Waals surface area contributed by atoms with Gasteiger partial charge in [-0.2, -0.15) is 0 Å². The van der Waals surface area contributed by atoms with E-state index < -0.39 is 11.9 Å². The van der Waals surface area contributed by atoms with E-state index in [0.29, 0.717) is 24.8 Å². The number of aliphatic carboxylic acids is 1. The Hall–Kier alpha value is -1.84. The lowest BCUT2D eigenvalue weighted by Gasteiger charge is -2.34. The lowest BCUT2D eigenvalue weighted by molar-refractivity contribution is -0.141. The number of para-hydroxylation sites is 1. The fourth-order valence-electron chi connectivity index (χ4n) is 5.17. The van der Waals surface area contributed by atoms with Gasteiger partial charge >= 0.3 is 5.97 Å². The van der Waals surface area contributed by atoms with E-state index in [-0.39, 0.29) is 5.91 Å². The molecule has 4 heteroatoms. The van der Waals surface area contributed by atoms with Gasteiger partial charge in [0, 0.05) is 18.7 Å². The van der Waals surface area contributed by atoms with Gasteiger partial charge in [-0.3, -0.25) is 9.59 Å². The molecule has 4 nitrogen and oxygen atoms in total. The minimum atomic E-state index is -0.810. The molecular formula is C20H25NO3. The fraction of sp³-hybridized carbons (Fsp3) is 0.600. The second-order valence-electron chi connectivity index (χ2n) is 8.02. The number of carboxylic acids is 1. The smallest absolute Gasteiger partial charge is 0.308 e. The van der Waals surface area contributed by atoms with Crippen molar-refractivity contribution >= 4 is 17.6 Å². The molecule has 0 saturated heterocycles. The molecule has 1 aliphatic heterocycles. The van der Waals surface area contributed by atoms with E-state index in [2.05, 4.69) is 0 Å². The molecule has 24 heavy (non-hydrogen) atoms. The van der Waals surface area contributed by atoms with Crippen LogP contribution in [0.3, 0.4) is 0 Å². The maximum absolute atomic E-state index is 12.9. The SMILES string of the molecule is O=C(O)C1Cc2ccccc2N(C(=O)CCC23CCC(CC2)C3)C1. The number of hydrogen-bond acceptors (Lipinski definition) is 2. The number of amides is 1. The van der Waals surface area contributed by atoms with Crippen molar-refractivity contribution in [3.63, 3.8) is 0 Å². The van der Waals surface area contributed by atoms with Gasteiger partial charge < -0.3 is 10.0 Å². The van der Waals surface area contributed by atoms with Gasteiger partial charge in [-0.1, -0.05) is 18.2 Å². The van der Waals surface area contributed by atoms with Crippen LogP contribution in [-0.4, -0.2) is 23.5 Å². The summed E-state index contributed by atoms with van der Waals surface area (Å²) in [4.78, 5) is 26.1. The van der Waals surface area contributed by atoms with E-state index in [0.717, 1.165) is 23.6 Å². The Kier molecular flexibility index (Phi) is 3.86. The highest BCUT2D eigenvalue weighted by Gasteiger charge is 2.44. The van der Waals surface area contributed by atoms with Gasteiger partial charge in [0.15, 0.2) is 0 Å². The minimum Gasteiger partial charge on any atom is -0.481 e. The fourth-order valence-corrected chi connectivity index (χ4v) is 5.17. The first-order valence-electron chi connectivity index (χ1n) is 9.17. The molecular weight excluding hydrogens is 302 g/mol. The molecule has 2 saturated carbocycles. The van der Waals surface area contributed by atoms with E-state index in [1.165, 1.54) is 32.1 Å². The molecule has 2 bridgehead atoms. The molecule has 1 unspecified atom stereocenters. The zero-order chi connectivity index (χ0) is 16.7. The Balaban J connectivity index is 1.49. The number of rotatable bonds is 4. The van der Waals surface area contributed by atoms with Crippen LogP contribution in [0.2, 0.25) is 0 Å². The zero-order valence-electron chi connectivity index (χ0n) is 14.0. The Bertz CT molecular complexity index is 661. The first kappa shape index (κ1) is 15.7. The number of anilines is 1. The molecule has 1 N–H and O–H groups in total. The van der Waals surface area contributed by atoms with Gasteiger partial charge in [-0.25, -0.2) is 0 Å². The monoisotopic (exact) mass is 327 g/mol. The van der Waals surface area contributed by atoms with Crippen molar-refractivity contribution in [3.05, 3.63) is 29.8 Å². The van der Waals surface area contributed by atoms with Crippen LogP contribution in [0, 0.1) is 17.3 Å². The summed E-state index contributed by atoms with van der Waals surface area (Å²) in [6.07, 6.45) is 8.56. The molecule has 1 amide bonds. The second-order valence-corrected chi connectivity index (χ2v) is 8.02. The molecule has 2 fully saturated rings. The highest BCUT2D eigenvalue weighted by Crippen LogP contribution is 2.56. The van der Waals surface area contributed by atoms with Gasteiger partial charge in [-0.15, -0.1) is 0 Å². The highest BCUT2D eigenvalue weighted by atomic mass is 16.4. The van der Waals surface area contributed by atoms with Crippen molar-refractivity contribution in [1.29, 1.82) is 0 Å². The Morgan fingerprint density at radius 2 is 1.96 bits per heavy atom. The molecule has 2 aliphatic carbocycles. The summed E-state index contributed by atoms with van der Waals surface area (Å²) < 4.78 is 0. The zero-order valence-corrected chi connectivity index (χ0v) is 14.0. The predicted octanol–water partition coefficient (Wildman–Crippen LogP) is 3.64. The van der Waals surface area contributed by atoms with Crippen molar-refractivity contribution in [3.8, 4) is 0 Å². The van der Waals surface area contributed by atoms with Gasteiger partial charge in [-0.05, 0) is 67.9 Å². The summed E-state index contributed by atoms with van der Waals surface area (Å²) in [5.41, 5.74) is 2.29. The third-order valence-corrected chi connectivity index (χ3v) is 6.56. The lowest BCUT2D eigenvalue weighted by Crippen LogP contribution is -2.42. The topological polar surface area (TPSA) is 57.6 Å². The van der Waals surface area contributed by atoms with Gasteiger partial charge in [0.1, 0.15) is 0 Å². The van der Waals surface area contributed by atoms with Crippen LogP contribution in [0.5, 0.6) is 0 Å². The highest BCUT2D eigenvalue weighted by molar-refractivity contribution is 5.95. The van der Waals surface area contributed by atoms with Crippen molar-refractivity contribution in [2.24, 2.45) is 17.3 Å². The molecule has 3 aliphatic rings. The summed E-state index contributed by atoms with van der Waals surface area (Å²) in [6, 6.07) is 7.74. The third kappa shape index (κ3) is 2.72.